The number of hydrogen-bond donors (Lipinski definition) is 8. The summed E-state index contributed by atoms with van der Waals surface area (Å²) in [7, 11) is 0. The summed E-state index contributed by atoms with van der Waals surface area (Å²) in [5.41, 5.74) is -0.785. The lowest BCUT2D eigenvalue weighted by molar-refractivity contribution is -0.534. The highest BCUT2D eigenvalue weighted by Crippen LogP contribution is 2.53. The van der Waals surface area contributed by atoms with Crippen LogP contribution in [0.3, 0.4) is 0 Å². The summed E-state index contributed by atoms with van der Waals surface area (Å²) in [6.45, 7) is 2.81. The van der Waals surface area contributed by atoms with Crippen LogP contribution >= 0.6 is 11.6 Å². The van der Waals surface area contributed by atoms with Crippen LogP contribution < -0.4 is 0 Å². The second kappa shape index (κ2) is 7.20. The minimum absolute atomic E-state index is 0.275. The van der Waals surface area contributed by atoms with Gasteiger partial charge >= 0.3 is 12.2 Å². The Morgan fingerprint density at radius 3 is 1.63 bits per heavy atom. The Bertz CT molecular complexity index is 632. The Balaban J connectivity index is 2.73. The van der Waals surface area contributed by atoms with Crippen LogP contribution in [0.5, 0.6) is 0 Å². The van der Waals surface area contributed by atoms with Crippen molar-refractivity contribution < 1.29 is 40.9 Å². The Morgan fingerprint density at radius 1 is 0.889 bits per heavy atom. The van der Waals surface area contributed by atoms with Gasteiger partial charge in [-0.2, -0.15) is 0 Å². The van der Waals surface area contributed by atoms with Crippen molar-refractivity contribution in [2.45, 2.75) is 62.5 Å². The molecular weight excluding hydrogens is 382 g/mol. The molecule has 0 amide bonds. The number of hydrogen-bond acceptors (Lipinski definition) is 9. The van der Waals surface area contributed by atoms with Gasteiger partial charge in [0.05, 0.1) is 6.04 Å². The first-order valence-electron chi connectivity index (χ1n) is 8.48. The van der Waals surface area contributed by atoms with Crippen LogP contribution in [0.2, 0.25) is 5.02 Å². The zero-order valence-electron chi connectivity index (χ0n) is 15.0. The van der Waals surface area contributed by atoms with E-state index in [1.54, 1.807) is 24.3 Å². The SMILES string of the molecule is CC(C)C(O)(O)C(N(C(O)(O)O)C(O)(O)O)C1(c2ccc(Cl)cc2)CCC1. The van der Waals surface area contributed by atoms with E-state index in [-0.39, 0.29) is 17.7 Å². The maximum Gasteiger partial charge on any atom is 0.352 e. The summed E-state index contributed by atoms with van der Waals surface area (Å²) in [6.07, 6.45) is -6.81. The van der Waals surface area contributed by atoms with Crippen LogP contribution in [0, 0.1) is 5.92 Å². The average molecular weight is 408 g/mol. The van der Waals surface area contributed by atoms with Crippen molar-refractivity contribution in [2.24, 2.45) is 5.92 Å². The second-order valence-corrected chi connectivity index (χ2v) is 7.86. The first-order valence-corrected chi connectivity index (χ1v) is 8.86. The molecule has 1 unspecified atom stereocenters. The van der Waals surface area contributed by atoms with Gasteiger partial charge in [-0.25, -0.2) is 0 Å². The minimum Gasteiger partial charge on any atom is -0.364 e. The molecule has 1 saturated carbocycles. The van der Waals surface area contributed by atoms with E-state index in [9.17, 15) is 40.9 Å². The number of rotatable bonds is 7. The van der Waals surface area contributed by atoms with Gasteiger partial charge in [0.1, 0.15) is 0 Å². The van der Waals surface area contributed by atoms with Gasteiger partial charge in [0.2, 0.25) is 0 Å². The van der Waals surface area contributed by atoms with E-state index in [0.29, 0.717) is 17.0 Å². The van der Waals surface area contributed by atoms with Crippen LogP contribution in [-0.4, -0.2) is 69.8 Å². The van der Waals surface area contributed by atoms with Crippen molar-refractivity contribution in [3.8, 4) is 0 Å². The molecule has 1 aromatic carbocycles. The van der Waals surface area contributed by atoms with E-state index in [4.69, 9.17) is 11.6 Å². The molecule has 10 heteroatoms. The Kier molecular flexibility index (Phi) is 5.98. The second-order valence-electron chi connectivity index (χ2n) is 7.43. The summed E-state index contributed by atoms with van der Waals surface area (Å²) in [5, 5.41) is 80.3. The van der Waals surface area contributed by atoms with Crippen molar-refractivity contribution in [1.82, 2.24) is 4.90 Å². The third kappa shape index (κ3) is 4.13. The fourth-order valence-corrected chi connectivity index (χ4v) is 3.89. The van der Waals surface area contributed by atoms with Gasteiger partial charge in [-0.1, -0.05) is 44.0 Å². The van der Waals surface area contributed by atoms with E-state index in [1.807, 2.05) is 0 Å². The molecule has 8 N–H and O–H groups in total. The molecule has 0 bridgehead atoms. The van der Waals surface area contributed by atoms with Crippen LogP contribution in [0.1, 0.15) is 38.7 Å². The quantitative estimate of drug-likeness (QED) is 0.263. The monoisotopic (exact) mass is 407 g/mol. The van der Waals surface area contributed by atoms with Crippen molar-refractivity contribution in [1.29, 1.82) is 0 Å². The predicted octanol–water partition coefficient (Wildman–Crippen LogP) is -1.05. The van der Waals surface area contributed by atoms with Crippen LogP contribution in [0.25, 0.3) is 0 Å². The highest BCUT2D eigenvalue weighted by molar-refractivity contribution is 6.30. The van der Waals surface area contributed by atoms with Gasteiger partial charge in [-0.3, -0.25) is 0 Å². The van der Waals surface area contributed by atoms with Crippen LogP contribution in [0.15, 0.2) is 24.3 Å². The molecule has 0 aromatic heterocycles. The molecule has 1 aromatic rings. The van der Waals surface area contributed by atoms with Crippen LogP contribution in [0.4, 0.5) is 0 Å². The lowest BCUT2D eigenvalue weighted by atomic mass is 9.57. The molecule has 0 aliphatic heterocycles. The Labute approximate surface area is 161 Å². The lowest BCUT2D eigenvalue weighted by Gasteiger charge is -2.58. The molecule has 0 saturated heterocycles. The summed E-state index contributed by atoms with van der Waals surface area (Å²) in [6, 6.07) is 4.30. The van der Waals surface area contributed by atoms with Crippen molar-refractivity contribution >= 4 is 11.6 Å². The zero-order chi connectivity index (χ0) is 20.8. The highest BCUT2D eigenvalue weighted by Gasteiger charge is 2.65. The minimum atomic E-state index is -3.98. The summed E-state index contributed by atoms with van der Waals surface area (Å²) < 4.78 is 0. The van der Waals surface area contributed by atoms with E-state index in [2.05, 4.69) is 0 Å². The lowest BCUT2D eigenvalue weighted by Crippen LogP contribution is -2.76. The number of halogens is 1. The molecule has 0 spiro atoms. The van der Waals surface area contributed by atoms with Crippen molar-refractivity contribution in [3.05, 3.63) is 34.9 Å². The molecule has 0 heterocycles. The van der Waals surface area contributed by atoms with Crippen molar-refractivity contribution in [3.63, 3.8) is 0 Å². The number of nitrogens with zero attached hydrogens (tertiary/aromatic N) is 1. The van der Waals surface area contributed by atoms with Gasteiger partial charge < -0.3 is 40.9 Å². The van der Waals surface area contributed by atoms with E-state index < -0.39 is 35.4 Å². The van der Waals surface area contributed by atoms with Gasteiger partial charge in [0.25, 0.3) is 0 Å². The third-order valence-corrected chi connectivity index (χ3v) is 5.60. The van der Waals surface area contributed by atoms with Crippen molar-refractivity contribution in [2.75, 3.05) is 0 Å². The topological polar surface area (TPSA) is 165 Å². The first-order chi connectivity index (χ1) is 12.1. The van der Waals surface area contributed by atoms with Gasteiger partial charge in [-0.05, 0) is 30.5 Å². The molecular formula is C17H26ClNO8. The van der Waals surface area contributed by atoms with Gasteiger partial charge in [-0.15, -0.1) is 4.90 Å². The number of benzene rings is 1. The van der Waals surface area contributed by atoms with E-state index >= 15 is 0 Å². The molecule has 0 radical (unpaired) electrons. The first kappa shape index (κ1) is 22.4. The standard InChI is InChI=1S/C17H26ClNO8/c1-10(2)15(20,21)13(19(16(22,23)24)17(25,26)27)14(8-3-9-14)11-4-6-12(18)7-5-11/h4-7,10,13,20-27H,3,8-9H2,1-2H3. The largest absolute Gasteiger partial charge is 0.364 e. The molecule has 1 aliphatic rings. The van der Waals surface area contributed by atoms with E-state index in [0.717, 1.165) is 0 Å². The normalized spacial score (nSPS) is 19.3. The summed E-state index contributed by atoms with van der Waals surface area (Å²) in [4.78, 5) is -0.340. The Morgan fingerprint density at radius 2 is 1.33 bits per heavy atom. The van der Waals surface area contributed by atoms with Crippen LogP contribution in [-0.2, 0) is 5.41 Å². The molecule has 1 aliphatic carbocycles. The molecule has 2 rings (SSSR count). The Hall–Kier alpha value is -0.850. The molecule has 27 heavy (non-hydrogen) atoms. The zero-order valence-corrected chi connectivity index (χ0v) is 15.7. The molecule has 1 atom stereocenters. The smallest absolute Gasteiger partial charge is 0.352 e. The van der Waals surface area contributed by atoms with E-state index in [1.165, 1.54) is 13.8 Å². The van der Waals surface area contributed by atoms with Gasteiger partial charge in [0.15, 0.2) is 5.79 Å². The fraction of sp³-hybridized carbons (Fsp3) is 0.647. The van der Waals surface area contributed by atoms with Gasteiger partial charge in [0, 0.05) is 16.4 Å². The fourth-order valence-electron chi connectivity index (χ4n) is 3.77. The molecule has 9 nitrogen and oxygen atoms in total. The molecule has 1 fully saturated rings. The molecule has 154 valence electrons. The number of aliphatic hydroxyl groups is 8. The average Bonchev–Trinajstić information content (AvgIpc) is 2.43. The maximum absolute atomic E-state index is 10.8. The maximum atomic E-state index is 10.8. The highest BCUT2D eigenvalue weighted by atomic mass is 35.5. The summed E-state index contributed by atoms with van der Waals surface area (Å²) >= 11 is 5.90. The third-order valence-electron chi connectivity index (χ3n) is 5.35. The summed E-state index contributed by atoms with van der Waals surface area (Å²) in [5.74, 6) is -3.74. The predicted molar refractivity (Wildman–Crippen MR) is 93.4 cm³/mol.